The maximum Gasteiger partial charge on any atom is 0.232 e. The molecule has 1 unspecified atom stereocenters. The molecule has 2 rings (SSSR count). The van der Waals surface area contributed by atoms with Gasteiger partial charge in [-0.25, -0.2) is 0 Å². The van der Waals surface area contributed by atoms with E-state index in [1.54, 1.807) is 0 Å². The summed E-state index contributed by atoms with van der Waals surface area (Å²) in [5, 5.41) is 15.9. The molecule has 0 fully saturated rings. The minimum absolute atomic E-state index is 0.0530. The first-order chi connectivity index (χ1) is 9.92. The number of hydrogen-bond donors (Lipinski definition) is 1. The van der Waals surface area contributed by atoms with Gasteiger partial charge in [0.25, 0.3) is 0 Å². The lowest BCUT2D eigenvalue weighted by Crippen LogP contribution is -2.30. The minimum atomic E-state index is 0.0530. The average molecular weight is 397 g/mol. The number of nitrogens with two attached hydrogens (primary N) is 1. The van der Waals surface area contributed by atoms with E-state index in [9.17, 15) is 0 Å². The van der Waals surface area contributed by atoms with E-state index in [2.05, 4.69) is 53.3 Å². The summed E-state index contributed by atoms with van der Waals surface area (Å²) < 4.78 is 0.544. The molecule has 2 N–H and O–H groups in total. The van der Waals surface area contributed by atoms with Gasteiger partial charge >= 0.3 is 0 Å². The Morgan fingerprint density at radius 1 is 1.10 bits per heavy atom. The molecule has 0 amide bonds. The molecule has 0 aliphatic heterocycles. The molecule has 0 aliphatic carbocycles. The van der Waals surface area contributed by atoms with E-state index >= 15 is 0 Å². The zero-order valence-electron chi connectivity index (χ0n) is 12.5. The fraction of sp³-hybridized carbons (Fsp3) is 0.467. The van der Waals surface area contributed by atoms with E-state index in [1.165, 1.54) is 5.56 Å². The van der Waals surface area contributed by atoms with Crippen molar-refractivity contribution in [1.29, 1.82) is 0 Å². The molecule has 6 heteroatoms. The van der Waals surface area contributed by atoms with Crippen LogP contribution < -0.4 is 5.73 Å². The van der Waals surface area contributed by atoms with E-state index in [-0.39, 0.29) is 11.5 Å². The number of hydrogen-bond acceptors (Lipinski definition) is 5. The van der Waals surface area contributed by atoms with Crippen molar-refractivity contribution in [3.8, 4) is 11.4 Å². The Balaban J connectivity index is 2.20. The summed E-state index contributed by atoms with van der Waals surface area (Å²) in [7, 11) is 0. The van der Waals surface area contributed by atoms with Gasteiger partial charge < -0.3 is 5.73 Å². The summed E-state index contributed by atoms with van der Waals surface area (Å²) >= 11 is 1.99. The summed E-state index contributed by atoms with van der Waals surface area (Å²) in [5.41, 5.74) is 8.33. The molecule has 0 spiro atoms. The highest BCUT2D eigenvalue weighted by Crippen LogP contribution is 2.29. The van der Waals surface area contributed by atoms with Crippen LogP contribution in [0.4, 0.5) is 0 Å². The molecule has 1 heterocycles. The van der Waals surface area contributed by atoms with E-state index < -0.39 is 0 Å². The molecule has 21 heavy (non-hydrogen) atoms. The maximum absolute atomic E-state index is 6.09. The van der Waals surface area contributed by atoms with Crippen LogP contribution >= 0.6 is 22.6 Å². The van der Waals surface area contributed by atoms with Crippen LogP contribution in [0.1, 0.15) is 39.2 Å². The zero-order chi connectivity index (χ0) is 15.5. The van der Waals surface area contributed by atoms with Crippen molar-refractivity contribution in [1.82, 2.24) is 20.4 Å². The third kappa shape index (κ3) is 4.16. The molecule has 1 aromatic carbocycles. The Hall–Kier alpha value is -1.15. The van der Waals surface area contributed by atoms with Crippen LogP contribution in [-0.4, -0.2) is 26.4 Å². The highest BCUT2D eigenvalue weighted by atomic mass is 127. The van der Waals surface area contributed by atoms with Crippen molar-refractivity contribution in [2.75, 3.05) is 0 Å². The highest BCUT2D eigenvalue weighted by molar-refractivity contribution is 14.1. The zero-order valence-corrected chi connectivity index (χ0v) is 14.7. The minimum Gasteiger partial charge on any atom is -0.328 e. The normalized spacial score (nSPS) is 13.2. The summed E-state index contributed by atoms with van der Waals surface area (Å²) in [4.78, 5) is 0. The average Bonchev–Trinajstić information content (AvgIpc) is 2.47. The van der Waals surface area contributed by atoms with Crippen LogP contribution in [0.3, 0.4) is 0 Å². The van der Waals surface area contributed by atoms with Gasteiger partial charge in [-0.05, 0) is 23.8 Å². The van der Waals surface area contributed by atoms with Crippen LogP contribution in [0, 0.1) is 3.83 Å². The summed E-state index contributed by atoms with van der Waals surface area (Å²) in [6.07, 6.45) is 1.96. The topological polar surface area (TPSA) is 77.6 Å². The molecule has 112 valence electrons. The fourth-order valence-electron chi connectivity index (χ4n) is 2.32. The van der Waals surface area contributed by atoms with Crippen LogP contribution in [0.2, 0.25) is 0 Å². The molecule has 0 aliphatic rings. The predicted molar refractivity (Wildman–Crippen MR) is 91.7 cm³/mol. The smallest absolute Gasteiger partial charge is 0.232 e. The predicted octanol–water partition coefficient (Wildman–Crippen LogP) is 2.94. The van der Waals surface area contributed by atoms with Crippen LogP contribution in [0.15, 0.2) is 24.3 Å². The van der Waals surface area contributed by atoms with E-state index in [4.69, 9.17) is 5.73 Å². The molecule has 5 nitrogen and oxygen atoms in total. The lowest BCUT2D eigenvalue weighted by molar-refractivity contribution is 0.416. The molecular weight excluding hydrogens is 377 g/mol. The highest BCUT2D eigenvalue weighted by Gasteiger charge is 2.23. The molecular formula is C15H20IN5. The maximum atomic E-state index is 6.09. The fourth-order valence-corrected chi connectivity index (χ4v) is 2.54. The number of halogens is 1. The van der Waals surface area contributed by atoms with Crippen LogP contribution in [0.25, 0.3) is 11.4 Å². The van der Waals surface area contributed by atoms with E-state index in [0.29, 0.717) is 9.66 Å². The van der Waals surface area contributed by atoms with Crippen molar-refractivity contribution < 1.29 is 0 Å². The second-order valence-electron chi connectivity index (χ2n) is 5.83. The van der Waals surface area contributed by atoms with Gasteiger partial charge in [0.2, 0.25) is 9.66 Å². The van der Waals surface area contributed by atoms with E-state index in [0.717, 1.165) is 18.4 Å². The van der Waals surface area contributed by atoms with Gasteiger partial charge in [0.1, 0.15) is 0 Å². The van der Waals surface area contributed by atoms with E-state index in [1.807, 2.05) is 34.7 Å². The Bertz CT molecular complexity index is 580. The second-order valence-corrected chi connectivity index (χ2v) is 6.79. The van der Waals surface area contributed by atoms with Gasteiger partial charge in [-0.3, -0.25) is 0 Å². The van der Waals surface area contributed by atoms with Gasteiger partial charge in [0.05, 0.1) is 0 Å². The van der Waals surface area contributed by atoms with Crippen molar-refractivity contribution in [2.45, 2.75) is 45.1 Å². The first-order valence-electron chi connectivity index (χ1n) is 7.02. The third-order valence-corrected chi connectivity index (χ3v) is 4.11. The first-order valence-corrected chi connectivity index (χ1v) is 8.09. The Labute approximate surface area is 138 Å². The standard InChI is InChI=1S/C15H20IN5/c1-4-12(17)9-15(2,3)11-7-5-10(6-8-11)13-18-20-14(16)21-19-13/h5-8,12H,4,9,17H2,1-3H3. The van der Waals surface area contributed by atoms with Crippen LogP contribution in [-0.2, 0) is 5.41 Å². The molecule has 0 radical (unpaired) electrons. The molecule has 2 aromatic rings. The SMILES string of the molecule is CCC(N)CC(C)(C)c1ccc(-c2nnc(I)nn2)cc1. The van der Waals surface area contributed by atoms with Crippen LogP contribution in [0.5, 0.6) is 0 Å². The first kappa shape index (κ1) is 16.2. The summed E-state index contributed by atoms with van der Waals surface area (Å²) in [5.74, 6) is 0.546. The van der Waals surface area contributed by atoms with Crippen molar-refractivity contribution in [3.63, 3.8) is 0 Å². The Morgan fingerprint density at radius 2 is 1.67 bits per heavy atom. The number of aromatic nitrogens is 4. The van der Waals surface area contributed by atoms with Crippen molar-refractivity contribution in [2.24, 2.45) is 5.73 Å². The van der Waals surface area contributed by atoms with Gasteiger partial charge in [-0.15, -0.1) is 20.4 Å². The molecule has 0 saturated carbocycles. The lowest BCUT2D eigenvalue weighted by Gasteiger charge is -2.28. The van der Waals surface area contributed by atoms with Crippen molar-refractivity contribution in [3.05, 3.63) is 33.7 Å². The van der Waals surface area contributed by atoms with Gasteiger partial charge in [-0.2, -0.15) is 0 Å². The summed E-state index contributed by atoms with van der Waals surface area (Å²) in [6.45, 7) is 6.57. The number of benzene rings is 1. The monoisotopic (exact) mass is 397 g/mol. The number of rotatable bonds is 5. The van der Waals surface area contributed by atoms with Gasteiger partial charge in [-0.1, -0.05) is 45.0 Å². The quantitative estimate of drug-likeness (QED) is 0.786. The summed E-state index contributed by atoms with van der Waals surface area (Å²) in [6, 6.07) is 8.48. The molecule has 0 bridgehead atoms. The molecule has 1 aromatic heterocycles. The Morgan fingerprint density at radius 3 is 2.19 bits per heavy atom. The van der Waals surface area contributed by atoms with Gasteiger partial charge in [0, 0.05) is 34.2 Å². The second kappa shape index (κ2) is 6.74. The Kier molecular flexibility index (Phi) is 5.21. The van der Waals surface area contributed by atoms with Gasteiger partial charge in [0.15, 0.2) is 0 Å². The number of nitrogens with zero attached hydrogens (tertiary/aromatic N) is 4. The molecule has 0 saturated heterocycles. The van der Waals surface area contributed by atoms with Crippen molar-refractivity contribution >= 4 is 22.6 Å². The lowest BCUT2D eigenvalue weighted by atomic mass is 9.78. The largest absolute Gasteiger partial charge is 0.328 e. The molecule has 1 atom stereocenters. The third-order valence-electron chi connectivity index (χ3n) is 3.68.